The SMILES string of the molecule is CCC1(C)CC(N2CCCC(C)C2CN)CCO1. The number of rotatable bonds is 3. The summed E-state index contributed by atoms with van der Waals surface area (Å²) in [5.41, 5.74) is 6.10. The highest BCUT2D eigenvalue weighted by atomic mass is 16.5. The molecule has 0 aromatic carbocycles. The highest BCUT2D eigenvalue weighted by molar-refractivity contribution is 4.92. The van der Waals surface area contributed by atoms with Crippen molar-refractivity contribution >= 4 is 0 Å². The molecular weight excluding hydrogens is 224 g/mol. The third kappa shape index (κ3) is 2.89. The topological polar surface area (TPSA) is 38.5 Å². The fourth-order valence-electron chi connectivity index (χ4n) is 3.73. The smallest absolute Gasteiger partial charge is 0.0666 e. The molecule has 0 aromatic heterocycles. The third-order valence-corrected chi connectivity index (χ3v) is 5.19. The van der Waals surface area contributed by atoms with Gasteiger partial charge in [0.15, 0.2) is 0 Å². The van der Waals surface area contributed by atoms with E-state index in [0.717, 1.165) is 25.5 Å². The lowest BCUT2D eigenvalue weighted by Gasteiger charge is -2.48. The Morgan fingerprint density at radius 3 is 2.83 bits per heavy atom. The average molecular weight is 254 g/mol. The van der Waals surface area contributed by atoms with Gasteiger partial charge in [-0.3, -0.25) is 4.90 Å². The summed E-state index contributed by atoms with van der Waals surface area (Å²) in [6, 6.07) is 1.27. The molecule has 0 amide bonds. The van der Waals surface area contributed by atoms with E-state index < -0.39 is 0 Å². The summed E-state index contributed by atoms with van der Waals surface area (Å²) in [6.07, 6.45) is 6.14. The molecule has 2 heterocycles. The second-order valence-corrected chi connectivity index (χ2v) is 6.46. The highest BCUT2D eigenvalue weighted by Crippen LogP contribution is 2.34. The van der Waals surface area contributed by atoms with Gasteiger partial charge in [-0.15, -0.1) is 0 Å². The van der Waals surface area contributed by atoms with Crippen molar-refractivity contribution in [3.63, 3.8) is 0 Å². The number of hydrogen-bond acceptors (Lipinski definition) is 3. The summed E-state index contributed by atoms with van der Waals surface area (Å²) < 4.78 is 5.97. The van der Waals surface area contributed by atoms with Crippen LogP contribution in [0.3, 0.4) is 0 Å². The summed E-state index contributed by atoms with van der Waals surface area (Å²) in [5.74, 6) is 0.750. The minimum Gasteiger partial charge on any atom is -0.375 e. The van der Waals surface area contributed by atoms with E-state index in [1.165, 1.54) is 32.2 Å². The predicted molar refractivity (Wildman–Crippen MR) is 75.6 cm³/mol. The molecule has 0 spiro atoms. The van der Waals surface area contributed by atoms with E-state index in [0.29, 0.717) is 12.1 Å². The molecule has 0 radical (unpaired) electrons. The average Bonchev–Trinajstić information content (AvgIpc) is 2.38. The van der Waals surface area contributed by atoms with Crippen LogP contribution in [0.1, 0.15) is 52.9 Å². The standard InChI is InChI=1S/C15H30N2O/c1-4-15(3)10-13(7-9-18-15)17-8-5-6-12(2)14(17)11-16/h12-14H,4-11,16H2,1-3H3. The van der Waals surface area contributed by atoms with Crippen LogP contribution in [0, 0.1) is 5.92 Å². The molecule has 2 fully saturated rings. The molecule has 2 N–H and O–H groups in total. The molecule has 0 bridgehead atoms. The van der Waals surface area contributed by atoms with Crippen molar-refractivity contribution in [2.45, 2.75) is 70.6 Å². The maximum absolute atomic E-state index is 6.02. The number of nitrogens with zero attached hydrogens (tertiary/aromatic N) is 1. The second-order valence-electron chi connectivity index (χ2n) is 6.46. The Morgan fingerprint density at radius 1 is 1.39 bits per heavy atom. The number of hydrogen-bond donors (Lipinski definition) is 1. The van der Waals surface area contributed by atoms with Gasteiger partial charge in [-0.1, -0.05) is 13.8 Å². The van der Waals surface area contributed by atoms with Crippen LogP contribution in [0.4, 0.5) is 0 Å². The first-order valence-electron chi connectivity index (χ1n) is 7.69. The van der Waals surface area contributed by atoms with Gasteiger partial charge in [-0.2, -0.15) is 0 Å². The Balaban J connectivity index is 2.04. The van der Waals surface area contributed by atoms with Gasteiger partial charge in [-0.05, 0) is 51.5 Å². The summed E-state index contributed by atoms with van der Waals surface area (Å²) in [6.45, 7) is 9.82. The van der Waals surface area contributed by atoms with Crippen LogP contribution in [0.2, 0.25) is 0 Å². The summed E-state index contributed by atoms with van der Waals surface area (Å²) in [5, 5.41) is 0. The van der Waals surface area contributed by atoms with Crippen molar-refractivity contribution in [1.29, 1.82) is 0 Å². The van der Waals surface area contributed by atoms with E-state index in [2.05, 4.69) is 25.7 Å². The molecular formula is C15H30N2O. The van der Waals surface area contributed by atoms with Crippen molar-refractivity contribution in [3.8, 4) is 0 Å². The van der Waals surface area contributed by atoms with Crippen molar-refractivity contribution in [2.24, 2.45) is 11.7 Å². The first-order valence-corrected chi connectivity index (χ1v) is 7.69. The van der Waals surface area contributed by atoms with E-state index in [1.54, 1.807) is 0 Å². The monoisotopic (exact) mass is 254 g/mol. The van der Waals surface area contributed by atoms with Gasteiger partial charge in [0, 0.05) is 25.2 Å². The van der Waals surface area contributed by atoms with Crippen molar-refractivity contribution in [1.82, 2.24) is 4.90 Å². The van der Waals surface area contributed by atoms with Crippen LogP contribution in [0.15, 0.2) is 0 Å². The first-order chi connectivity index (χ1) is 8.59. The number of nitrogens with two attached hydrogens (primary N) is 1. The Morgan fingerprint density at radius 2 is 2.17 bits per heavy atom. The zero-order chi connectivity index (χ0) is 13.2. The van der Waals surface area contributed by atoms with Crippen LogP contribution in [0.25, 0.3) is 0 Å². The molecule has 0 aromatic rings. The Hall–Kier alpha value is -0.120. The van der Waals surface area contributed by atoms with Crippen LogP contribution >= 0.6 is 0 Å². The Kier molecular flexibility index (Phi) is 4.68. The lowest BCUT2D eigenvalue weighted by molar-refractivity contribution is -0.108. The lowest BCUT2D eigenvalue weighted by Crippen LogP contribution is -2.56. The van der Waals surface area contributed by atoms with Crippen molar-refractivity contribution in [3.05, 3.63) is 0 Å². The van der Waals surface area contributed by atoms with Gasteiger partial charge in [0.25, 0.3) is 0 Å². The fraction of sp³-hybridized carbons (Fsp3) is 1.00. The lowest BCUT2D eigenvalue weighted by atomic mass is 9.84. The quantitative estimate of drug-likeness (QED) is 0.840. The molecule has 2 rings (SSSR count). The third-order valence-electron chi connectivity index (χ3n) is 5.19. The summed E-state index contributed by atoms with van der Waals surface area (Å²) in [4.78, 5) is 2.70. The van der Waals surface area contributed by atoms with E-state index >= 15 is 0 Å². The number of likely N-dealkylation sites (tertiary alicyclic amines) is 1. The van der Waals surface area contributed by atoms with Crippen LogP contribution in [-0.4, -0.2) is 42.3 Å². The van der Waals surface area contributed by atoms with Crippen molar-refractivity contribution in [2.75, 3.05) is 19.7 Å². The van der Waals surface area contributed by atoms with Gasteiger partial charge in [0.1, 0.15) is 0 Å². The zero-order valence-corrected chi connectivity index (χ0v) is 12.3. The molecule has 3 nitrogen and oxygen atoms in total. The molecule has 106 valence electrons. The van der Waals surface area contributed by atoms with Crippen molar-refractivity contribution < 1.29 is 4.74 Å². The van der Waals surface area contributed by atoms with Gasteiger partial charge < -0.3 is 10.5 Å². The summed E-state index contributed by atoms with van der Waals surface area (Å²) in [7, 11) is 0. The molecule has 2 saturated heterocycles. The van der Waals surface area contributed by atoms with Gasteiger partial charge in [0.05, 0.1) is 5.60 Å². The molecule has 3 heteroatoms. The minimum absolute atomic E-state index is 0.0861. The molecule has 0 saturated carbocycles. The first kappa shape index (κ1) is 14.3. The number of piperidine rings is 1. The maximum Gasteiger partial charge on any atom is 0.0666 e. The predicted octanol–water partition coefficient (Wildman–Crippen LogP) is 2.39. The van der Waals surface area contributed by atoms with Crippen LogP contribution in [0.5, 0.6) is 0 Å². The largest absolute Gasteiger partial charge is 0.375 e. The van der Waals surface area contributed by atoms with Gasteiger partial charge in [0.2, 0.25) is 0 Å². The molecule has 2 aliphatic heterocycles. The number of ether oxygens (including phenoxy) is 1. The van der Waals surface area contributed by atoms with E-state index in [9.17, 15) is 0 Å². The Bertz CT molecular complexity index is 271. The van der Waals surface area contributed by atoms with E-state index in [-0.39, 0.29) is 5.60 Å². The molecule has 18 heavy (non-hydrogen) atoms. The molecule has 0 aliphatic carbocycles. The zero-order valence-electron chi connectivity index (χ0n) is 12.3. The van der Waals surface area contributed by atoms with Gasteiger partial charge in [-0.25, -0.2) is 0 Å². The van der Waals surface area contributed by atoms with Gasteiger partial charge >= 0.3 is 0 Å². The molecule has 2 aliphatic rings. The highest BCUT2D eigenvalue weighted by Gasteiger charge is 2.38. The normalized spacial score (nSPS) is 43.0. The van der Waals surface area contributed by atoms with Crippen LogP contribution in [-0.2, 0) is 4.74 Å². The van der Waals surface area contributed by atoms with E-state index in [1.807, 2.05) is 0 Å². The molecule has 4 unspecified atom stereocenters. The van der Waals surface area contributed by atoms with Crippen LogP contribution < -0.4 is 5.73 Å². The fourth-order valence-corrected chi connectivity index (χ4v) is 3.73. The summed E-state index contributed by atoms with van der Waals surface area (Å²) >= 11 is 0. The maximum atomic E-state index is 6.02. The second kappa shape index (κ2) is 5.89. The Labute approximate surface area is 112 Å². The van der Waals surface area contributed by atoms with E-state index in [4.69, 9.17) is 10.5 Å². The molecule has 4 atom stereocenters. The minimum atomic E-state index is 0.0861.